The third kappa shape index (κ3) is 3.71. The topological polar surface area (TPSA) is 71.4 Å². The Kier molecular flexibility index (Phi) is 4.49. The molecule has 4 nitrogen and oxygen atoms in total. The van der Waals surface area contributed by atoms with Crippen molar-refractivity contribution in [1.82, 2.24) is 0 Å². The number of carbonyl (C=O) groups is 1. The van der Waals surface area contributed by atoms with Crippen molar-refractivity contribution in [2.24, 2.45) is 0 Å². The zero-order valence-corrected chi connectivity index (χ0v) is 13.6. The Morgan fingerprint density at radius 1 is 1.14 bits per heavy atom. The third-order valence-corrected chi connectivity index (χ3v) is 5.28. The average Bonchev–Trinajstić information content (AvgIpc) is 2.41. The van der Waals surface area contributed by atoms with Gasteiger partial charge < -0.3 is 5.11 Å². The van der Waals surface area contributed by atoms with E-state index in [9.17, 15) is 13.2 Å². The number of carboxylic acids is 1. The minimum atomic E-state index is -3.58. The first-order chi connectivity index (χ1) is 9.79. The summed E-state index contributed by atoms with van der Waals surface area (Å²) in [6, 6.07) is 11.1. The van der Waals surface area contributed by atoms with E-state index in [1.807, 2.05) is 0 Å². The maximum Gasteiger partial charge on any atom is 0.335 e. The van der Waals surface area contributed by atoms with Gasteiger partial charge in [0.05, 0.1) is 16.2 Å². The summed E-state index contributed by atoms with van der Waals surface area (Å²) in [5, 5.41) is 9.08. The van der Waals surface area contributed by atoms with Gasteiger partial charge in [-0.1, -0.05) is 34.1 Å². The first-order valence-corrected chi connectivity index (χ1v) is 8.55. The van der Waals surface area contributed by atoms with Crippen molar-refractivity contribution >= 4 is 31.7 Å². The molecule has 0 saturated carbocycles. The number of sulfone groups is 1. The summed E-state index contributed by atoms with van der Waals surface area (Å²) in [6.45, 7) is 1.63. The molecular formula is C15H13BrO4S. The maximum absolute atomic E-state index is 12.4. The fraction of sp³-hybridized carbons (Fsp3) is 0.133. The molecule has 0 fully saturated rings. The van der Waals surface area contributed by atoms with Crippen molar-refractivity contribution in [3.63, 3.8) is 0 Å². The Morgan fingerprint density at radius 2 is 1.76 bits per heavy atom. The molecule has 0 aromatic heterocycles. The lowest BCUT2D eigenvalue weighted by molar-refractivity contribution is 0.0696. The minimum Gasteiger partial charge on any atom is -0.478 e. The summed E-state index contributed by atoms with van der Waals surface area (Å²) < 4.78 is 25.6. The molecule has 0 bridgehead atoms. The number of hydrogen-bond donors (Lipinski definition) is 1. The molecule has 6 heteroatoms. The second-order valence-electron chi connectivity index (χ2n) is 4.67. The molecule has 2 rings (SSSR count). The van der Waals surface area contributed by atoms with Crippen molar-refractivity contribution in [2.45, 2.75) is 17.6 Å². The van der Waals surface area contributed by atoms with Gasteiger partial charge in [-0.15, -0.1) is 0 Å². The van der Waals surface area contributed by atoms with E-state index < -0.39 is 15.8 Å². The number of hydrogen-bond acceptors (Lipinski definition) is 3. The molecule has 2 aromatic rings. The monoisotopic (exact) mass is 368 g/mol. The molecule has 2 aromatic carbocycles. The second-order valence-corrected chi connectivity index (χ2v) is 7.57. The smallest absolute Gasteiger partial charge is 0.335 e. The second kappa shape index (κ2) is 5.99. The maximum atomic E-state index is 12.4. The van der Waals surface area contributed by atoms with Gasteiger partial charge in [0.1, 0.15) is 0 Å². The first kappa shape index (κ1) is 15.7. The summed E-state index contributed by atoms with van der Waals surface area (Å²) in [6.07, 6.45) is 0. The van der Waals surface area contributed by atoms with Gasteiger partial charge in [-0.25, -0.2) is 13.2 Å². The summed E-state index contributed by atoms with van der Waals surface area (Å²) >= 11 is 3.29. The van der Waals surface area contributed by atoms with E-state index in [2.05, 4.69) is 15.9 Å². The molecule has 0 aliphatic rings. The predicted molar refractivity (Wildman–Crippen MR) is 83.2 cm³/mol. The van der Waals surface area contributed by atoms with Crippen LogP contribution in [-0.4, -0.2) is 19.5 Å². The predicted octanol–water partition coefficient (Wildman–Crippen LogP) is 3.43. The van der Waals surface area contributed by atoms with Gasteiger partial charge in [0.15, 0.2) is 9.84 Å². The Balaban J connectivity index is 2.38. The van der Waals surface area contributed by atoms with Gasteiger partial charge in [0.2, 0.25) is 0 Å². The van der Waals surface area contributed by atoms with Gasteiger partial charge in [-0.3, -0.25) is 0 Å². The fourth-order valence-electron chi connectivity index (χ4n) is 1.91. The molecule has 1 N–H and O–H groups in total. The van der Waals surface area contributed by atoms with Crippen LogP contribution in [0.4, 0.5) is 0 Å². The molecule has 0 saturated heterocycles. The number of benzene rings is 2. The van der Waals surface area contributed by atoms with Gasteiger partial charge in [0, 0.05) is 4.47 Å². The van der Waals surface area contributed by atoms with Gasteiger partial charge in [-0.2, -0.15) is 0 Å². The molecule has 0 atom stereocenters. The van der Waals surface area contributed by atoms with E-state index in [0.717, 1.165) is 4.47 Å². The number of halogens is 1. The highest BCUT2D eigenvalue weighted by atomic mass is 79.9. The molecule has 0 spiro atoms. The third-order valence-electron chi connectivity index (χ3n) is 3.07. The SMILES string of the molecule is Cc1ccc(S(=O)(=O)Cc2ccc(Br)cc2)cc1C(=O)O. The van der Waals surface area contributed by atoms with E-state index in [1.165, 1.54) is 18.2 Å². The van der Waals surface area contributed by atoms with Crippen LogP contribution in [0.5, 0.6) is 0 Å². The number of rotatable bonds is 4. The standard InChI is InChI=1S/C15H13BrO4S/c1-10-2-7-13(8-14(10)15(17)18)21(19,20)9-11-3-5-12(16)6-4-11/h2-8H,9H2,1H3,(H,17,18). The zero-order chi connectivity index (χ0) is 15.6. The van der Waals surface area contributed by atoms with Crippen LogP contribution in [0.15, 0.2) is 51.8 Å². The van der Waals surface area contributed by atoms with Gasteiger partial charge in [0.25, 0.3) is 0 Å². The molecule has 0 radical (unpaired) electrons. The van der Waals surface area contributed by atoms with Crippen molar-refractivity contribution in [3.8, 4) is 0 Å². The highest BCUT2D eigenvalue weighted by Crippen LogP contribution is 2.21. The fourth-order valence-corrected chi connectivity index (χ4v) is 3.54. The lowest BCUT2D eigenvalue weighted by Crippen LogP contribution is -2.08. The molecule has 21 heavy (non-hydrogen) atoms. The van der Waals surface area contributed by atoms with E-state index in [4.69, 9.17) is 5.11 Å². The average molecular weight is 369 g/mol. The molecular weight excluding hydrogens is 356 g/mol. The van der Waals surface area contributed by atoms with Crippen LogP contribution >= 0.6 is 15.9 Å². The first-order valence-electron chi connectivity index (χ1n) is 6.11. The minimum absolute atomic E-state index is 0.00637. The molecule has 0 amide bonds. The summed E-state index contributed by atoms with van der Waals surface area (Å²) in [5.41, 5.74) is 1.19. The van der Waals surface area contributed by atoms with Crippen molar-refractivity contribution < 1.29 is 18.3 Å². The van der Waals surface area contributed by atoms with E-state index in [-0.39, 0.29) is 16.2 Å². The molecule has 0 heterocycles. The van der Waals surface area contributed by atoms with Crippen LogP contribution < -0.4 is 0 Å². The summed E-state index contributed by atoms with van der Waals surface area (Å²) in [4.78, 5) is 11.1. The van der Waals surface area contributed by atoms with Crippen molar-refractivity contribution in [3.05, 3.63) is 63.6 Å². The largest absolute Gasteiger partial charge is 0.478 e. The van der Waals surface area contributed by atoms with E-state index in [0.29, 0.717) is 11.1 Å². The highest BCUT2D eigenvalue weighted by molar-refractivity contribution is 9.10. The van der Waals surface area contributed by atoms with E-state index >= 15 is 0 Å². The quantitative estimate of drug-likeness (QED) is 0.896. The van der Waals surface area contributed by atoms with Crippen LogP contribution in [0, 0.1) is 6.92 Å². The number of aryl methyl sites for hydroxylation is 1. The van der Waals surface area contributed by atoms with Gasteiger partial charge >= 0.3 is 5.97 Å². The molecule has 0 unspecified atom stereocenters. The summed E-state index contributed by atoms with van der Waals surface area (Å²) in [7, 11) is -3.58. The van der Waals surface area contributed by atoms with Crippen LogP contribution in [0.2, 0.25) is 0 Å². The van der Waals surface area contributed by atoms with E-state index in [1.54, 1.807) is 31.2 Å². The lowest BCUT2D eigenvalue weighted by Gasteiger charge is -2.07. The van der Waals surface area contributed by atoms with Crippen molar-refractivity contribution in [1.29, 1.82) is 0 Å². The highest BCUT2D eigenvalue weighted by Gasteiger charge is 2.18. The normalized spacial score (nSPS) is 11.3. The molecule has 0 aliphatic carbocycles. The van der Waals surface area contributed by atoms with Crippen LogP contribution in [0.3, 0.4) is 0 Å². The Labute approximate surface area is 131 Å². The lowest BCUT2D eigenvalue weighted by atomic mass is 10.1. The van der Waals surface area contributed by atoms with Gasteiger partial charge in [-0.05, 0) is 42.3 Å². The number of aromatic carboxylic acids is 1. The number of carboxylic acid groups (broad SMARTS) is 1. The van der Waals surface area contributed by atoms with Crippen LogP contribution in [-0.2, 0) is 15.6 Å². The Morgan fingerprint density at radius 3 is 2.33 bits per heavy atom. The molecule has 0 aliphatic heterocycles. The Bertz CT molecular complexity index is 780. The van der Waals surface area contributed by atoms with Crippen LogP contribution in [0.25, 0.3) is 0 Å². The Hall–Kier alpha value is -1.66. The zero-order valence-electron chi connectivity index (χ0n) is 11.2. The van der Waals surface area contributed by atoms with Crippen molar-refractivity contribution in [2.75, 3.05) is 0 Å². The molecule has 110 valence electrons. The summed E-state index contributed by atoms with van der Waals surface area (Å²) in [5.74, 6) is -1.30. The van der Waals surface area contributed by atoms with Crippen LogP contribution in [0.1, 0.15) is 21.5 Å².